The highest BCUT2D eigenvalue weighted by molar-refractivity contribution is 14.0. The van der Waals surface area contributed by atoms with Crippen LogP contribution in [0.1, 0.15) is 25.3 Å². The van der Waals surface area contributed by atoms with Gasteiger partial charge in [-0.05, 0) is 32.3 Å². The Morgan fingerprint density at radius 1 is 1.52 bits per heavy atom. The standard InChI is InChI=1S/C14H25N5O.HI/c1-3-15-14(17-10-13-5-4-8-20-13)16-6-7-19-11-12(2)9-18-19;/h9,11,13H,3-8,10H2,1-2H3,(H2,15,16,17);1H. The zero-order valence-corrected chi connectivity index (χ0v) is 15.2. The number of aryl methyl sites for hydroxylation is 1. The number of aromatic nitrogens is 2. The minimum absolute atomic E-state index is 0. The summed E-state index contributed by atoms with van der Waals surface area (Å²) in [7, 11) is 0. The molecule has 0 amide bonds. The molecule has 0 saturated carbocycles. The van der Waals surface area contributed by atoms with E-state index in [2.05, 4.69) is 27.6 Å². The number of guanidine groups is 1. The predicted molar refractivity (Wildman–Crippen MR) is 95.3 cm³/mol. The molecule has 2 N–H and O–H groups in total. The summed E-state index contributed by atoms with van der Waals surface area (Å²) < 4.78 is 7.52. The lowest BCUT2D eigenvalue weighted by molar-refractivity contribution is 0.117. The number of aliphatic imine (C=N–C) groups is 1. The Morgan fingerprint density at radius 3 is 3.00 bits per heavy atom. The van der Waals surface area contributed by atoms with Gasteiger partial charge in [0, 0.05) is 25.9 Å². The Hall–Kier alpha value is -0.830. The summed E-state index contributed by atoms with van der Waals surface area (Å²) in [4.78, 5) is 4.57. The van der Waals surface area contributed by atoms with Crippen LogP contribution < -0.4 is 10.6 Å². The Morgan fingerprint density at radius 2 is 2.38 bits per heavy atom. The molecule has 1 fully saturated rings. The van der Waals surface area contributed by atoms with E-state index in [1.165, 1.54) is 5.56 Å². The van der Waals surface area contributed by atoms with E-state index in [1.54, 1.807) is 0 Å². The lowest BCUT2D eigenvalue weighted by atomic mass is 10.2. The smallest absolute Gasteiger partial charge is 0.191 e. The van der Waals surface area contributed by atoms with Gasteiger partial charge in [-0.1, -0.05) is 0 Å². The van der Waals surface area contributed by atoms with Crippen LogP contribution in [0.25, 0.3) is 0 Å². The van der Waals surface area contributed by atoms with Gasteiger partial charge in [0.25, 0.3) is 0 Å². The molecular weight excluding hydrogens is 381 g/mol. The molecule has 0 bridgehead atoms. The molecule has 21 heavy (non-hydrogen) atoms. The maximum atomic E-state index is 5.58. The minimum Gasteiger partial charge on any atom is -0.376 e. The van der Waals surface area contributed by atoms with Gasteiger partial charge in [0.2, 0.25) is 0 Å². The Balaban J connectivity index is 0.00000220. The van der Waals surface area contributed by atoms with E-state index >= 15 is 0 Å². The second-order valence-corrected chi connectivity index (χ2v) is 5.06. The van der Waals surface area contributed by atoms with Crippen LogP contribution in [0.15, 0.2) is 17.4 Å². The van der Waals surface area contributed by atoms with Crippen molar-refractivity contribution in [3.63, 3.8) is 0 Å². The average molecular weight is 407 g/mol. The van der Waals surface area contributed by atoms with Gasteiger partial charge in [0.05, 0.1) is 25.4 Å². The molecule has 1 aromatic rings. The molecule has 6 nitrogen and oxygen atoms in total. The van der Waals surface area contributed by atoms with Gasteiger partial charge in [-0.2, -0.15) is 5.10 Å². The molecule has 2 rings (SSSR count). The summed E-state index contributed by atoms with van der Waals surface area (Å²) in [5, 5.41) is 10.8. The van der Waals surface area contributed by atoms with E-state index in [1.807, 2.05) is 24.0 Å². The molecule has 1 atom stereocenters. The third-order valence-electron chi connectivity index (χ3n) is 3.22. The van der Waals surface area contributed by atoms with Crippen molar-refractivity contribution >= 4 is 29.9 Å². The van der Waals surface area contributed by atoms with Crippen molar-refractivity contribution in [2.24, 2.45) is 4.99 Å². The first kappa shape index (κ1) is 18.2. The third kappa shape index (κ3) is 6.64. The van der Waals surface area contributed by atoms with Crippen LogP contribution in [0.3, 0.4) is 0 Å². The van der Waals surface area contributed by atoms with Gasteiger partial charge in [-0.25, -0.2) is 0 Å². The van der Waals surface area contributed by atoms with E-state index in [0.717, 1.165) is 51.6 Å². The van der Waals surface area contributed by atoms with Crippen molar-refractivity contribution < 1.29 is 4.74 Å². The number of hydrogen-bond donors (Lipinski definition) is 2. The summed E-state index contributed by atoms with van der Waals surface area (Å²) in [6.45, 7) is 8.22. The molecule has 1 saturated heterocycles. The molecule has 1 unspecified atom stereocenters. The lowest BCUT2D eigenvalue weighted by Gasteiger charge is -2.12. The molecular formula is C14H26IN5O. The van der Waals surface area contributed by atoms with Crippen LogP contribution in [0, 0.1) is 6.92 Å². The maximum absolute atomic E-state index is 5.58. The molecule has 2 heterocycles. The number of rotatable bonds is 6. The normalized spacial score (nSPS) is 18.4. The Kier molecular flexibility index (Phi) is 8.67. The highest BCUT2D eigenvalue weighted by Gasteiger charge is 2.14. The monoisotopic (exact) mass is 407 g/mol. The Labute approximate surface area is 143 Å². The van der Waals surface area contributed by atoms with Gasteiger partial charge < -0.3 is 15.4 Å². The van der Waals surface area contributed by atoms with Gasteiger partial charge in [0.1, 0.15) is 0 Å². The number of ether oxygens (including phenoxy) is 1. The molecule has 1 aliphatic rings. The average Bonchev–Trinajstić information content (AvgIpc) is 3.08. The molecule has 1 aromatic heterocycles. The molecule has 0 radical (unpaired) electrons. The summed E-state index contributed by atoms with van der Waals surface area (Å²) in [5.41, 5.74) is 1.18. The van der Waals surface area contributed by atoms with Gasteiger partial charge in [-0.15, -0.1) is 24.0 Å². The summed E-state index contributed by atoms with van der Waals surface area (Å²) in [6, 6.07) is 0. The molecule has 0 spiro atoms. The fourth-order valence-electron chi connectivity index (χ4n) is 2.20. The zero-order valence-electron chi connectivity index (χ0n) is 12.8. The van der Waals surface area contributed by atoms with Crippen LogP contribution in [0.2, 0.25) is 0 Å². The third-order valence-corrected chi connectivity index (χ3v) is 3.22. The summed E-state index contributed by atoms with van der Waals surface area (Å²) in [5.74, 6) is 0.854. The second-order valence-electron chi connectivity index (χ2n) is 5.06. The van der Waals surface area contributed by atoms with Gasteiger partial charge >= 0.3 is 0 Å². The maximum Gasteiger partial charge on any atom is 0.191 e. The number of nitrogens with zero attached hydrogens (tertiary/aromatic N) is 3. The van der Waals surface area contributed by atoms with Crippen LogP contribution in [0.5, 0.6) is 0 Å². The quantitative estimate of drug-likeness (QED) is 0.427. The van der Waals surface area contributed by atoms with Crippen molar-refractivity contribution in [2.75, 3.05) is 26.2 Å². The van der Waals surface area contributed by atoms with Crippen LogP contribution >= 0.6 is 24.0 Å². The lowest BCUT2D eigenvalue weighted by Crippen LogP contribution is -2.39. The predicted octanol–water partition coefficient (Wildman–Crippen LogP) is 1.54. The van der Waals surface area contributed by atoms with E-state index in [9.17, 15) is 0 Å². The first-order valence-electron chi connectivity index (χ1n) is 7.40. The van der Waals surface area contributed by atoms with E-state index in [4.69, 9.17) is 4.74 Å². The number of nitrogens with one attached hydrogen (secondary N) is 2. The minimum atomic E-state index is 0. The molecule has 7 heteroatoms. The highest BCUT2D eigenvalue weighted by Crippen LogP contribution is 2.11. The molecule has 1 aliphatic heterocycles. The first-order chi connectivity index (χ1) is 9.78. The van der Waals surface area contributed by atoms with Crippen molar-refractivity contribution in [2.45, 2.75) is 39.3 Å². The SMILES string of the molecule is CCNC(=NCC1CCCO1)NCCn1cc(C)cn1.I. The molecule has 0 aliphatic carbocycles. The molecule has 0 aromatic carbocycles. The van der Waals surface area contributed by atoms with E-state index in [-0.39, 0.29) is 24.0 Å². The zero-order chi connectivity index (χ0) is 14.2. The van der Waals surface area contributed by atoms with Gasteiger partial charge in [0.15, 0.2) is 5.96 Å². The highest BCUT2D eigenvalue weighted by atomic mass is 127. The topological polar surface area (TPSA) is 63.5 Å². The van der Waals surface area contributed by atoms with Crippen LogP contribution in [-0.2, 0) is 11.3 Å². The van der Waals surface area contributed by atoms with Crippen LogP contribution in [0.4, 0.5) is 0 Å². The van der Waals surface area contributed by atoms with Crippen molar-refractivity contribution in [1.29, 1.82) is 0 Å². The van der Waals surface area contributed by atoms with Crippen molar-refractivity contribution in [1.82, 2.24) is 20.4 Å². The van der Waals surface area contributed by atoms with Crippen molar-refractivity contribution in [3.05, 3.63) is 18.0 Å². The van der Waals surface area contributed by atoms with Crippen LogP contribution in [-0.4, -0.2) is 48.1 Å². The van der Waals surface area contributed by atoms with E-state index in [0.29, 0.717) is 6.10 Å². The van der Waals surface area contributed by atoms with Gasteiger partial charge in [-0.3, -0.25) is 9.67 Å². The second kappa shape index (κ2) is 9.99. The number of hydrogen-bond acceptors (Lipinski definition) is 3. The molecule has 120 valence electrons. The van der Waals surface area contributed by atoms with Crippen molar-refractivity contribution in [3.8, 4) is 0 Å². The number of halogens is 1. The Bertz CT molecular complexity index is 429. The fraction of sp³-hybridized carbons (Fsp3) is 0.714. The fourth-order valence-corrected chi connectivity index (χ4v) is 2.20. The van der Waals surface area contributed by atoms with E-state index < -0.39 is 0 Å². The summed E-state index contributed by atoms with van der Waals surface area (Å²) in [6.07, 6.45) is 6.48. The first-order valence-corrected chi connectivity index (χ1v) is 7.40. The summed E-state index contributed by atoms with van der Waals surface area (Å²) >= 11 is 0. The largest absolute Gasteiger partial charge is 0.376 e.